The van der Waals surface area contributed by atoms with Crippen molar-refractivity contribution in [2.24, 2.45) is 5.92 Å². The van der Waals surface area contributed by atoms with Crippen LogP contribution in [-0.2, 0) is 11.3 Å². The van der Waals surface area contributed by atoms with Crippen LogP contribution in [0.25, 0.3) is 4.96 Å². The summed E-state index contributed by atoms with van der Waals surface area (Å²) in [6.45, 7) is 6.93. The number of fused-ring (bicyclic) bond motifs is 1. The van der Waals surface area contributed by atoms with Crippen molar-refractivity contribution >= 4 is 22.2 Å². The molecule has 8 heteroatoms. The number of amides is 1. The number of hydrogen-bond donors (Lipinski definition) is 1. The predicted molar refractivity (Wildman–Crippen MR) is 101 cm³/mol. The van der Waals surface area contributed by atoms with Crippen molar-refractivity contribution in [1.29, 1.82) is 0 Å². The Kier molecular flexibility index (Phi) is 5.06. The number of carbonyl (C=O) groups is 1. The Balaban J connectivity index is 1.34. The molecule has 1 amide bonds. The molecule has 2 saturated heterocycles. The molecular formula is C18H25N5O2S. The third-order valence-corrected chi connectivity index (χ3v) is 6.16. The fourth-order valence-electron chi connectivity index (χ4n) is 3.94. The molecule has 0 saturated carbocycles. The van der Waals surface area contributed by atoms with Crippen LogP contribution < -0.4 is 10.9 Å². The van der Waals surface area contributed by atoms with E-state index in [4.69, 9.17) is 0 Å². The minimum Gasteiger partial charge on any atom is -0.340 e. The Hall–Kier alpha value is -1.77. The largest absolute Gasteiger partial charge is 0.340 e. The number of thiazole rings is 1. The molecule has 2 aromatic rings. The molecule has 0 aromatic carbocycles. The third kappa shape index (κ3) is 3.67. The summed E-state index contributed by atoms with van der Waals surface area (Å²) >= 11 is 1.47. The molecule has 7 nitrogen and oxygen atoms in total. The van der Waals surface area contributed by atoms with Gasteiger partial charge in [0.2, 0.25) is 5.91 Å². The van der Waals surface area contributed by atoms with E-state index in [1.54, 1.807) is 16.7 Å². The molecule has 26 heavy (non-hydrogen) atoms. The highest BCUT2D eigenvalue weighted by molar-refractivity contribution is 7.15. The van der Waals surface area contributed by atoms with E-state index in [0.29, 0.717) is 18.5 Å². The molecule has 2 fully saturated rings. The molecule has 4 heterocycles. The summed E-state index contributed by atoms with van der Waals surface area (Å²) in [7, 11) is 0. The second kappa shape index (κ2) is 7.46. The van der Waals surface area contributed by atoms with Crippen LogP contribution in [0.1, 0.15) is 25.5 Å². The molecule has 4 rings (SSSR count). The number of rotatable bonds is 3. The van der Waals surface area contributed by atoms with Crippen molar-refractivity contribution in [2.45, 2.75) is 32.4 Å². The first-order chi connectivity index (χ1) is 12.6. The lowest BCUT2D eigenvalue weighted by Gasteiger charge is -2.37. The Morgan fingerprint density at radius 1 is 1.35 bits per heavy atom. The number of piperidine rings is 1. The molecule has 140 valence electrons. The van der Waals surface area contributed by atoms with E-state index in [1.165, 1.54) is 11.3 Å². The van der Waals surface area contributed by atoms with Gasteiger partial charge in [-0.05, 0) is 26.3 Å². The van der Waals surface area contributed by atoms with Gasteiger partial charge < -0.3 is 10.2 Å². The zero-order chi connectivity index (χ0) is 18.1. The van der Waals surface area contributed by atoms with Gasteiger partial charge in [-0.2, -0.15) is 0 Å². The fourth-order valence-corrected chi connectivity index (χ4v) is 4.68. The Morgan fingerprint density at radius 2 is 2.15 bits per heavy atom. The predicted octanol–water partition coefficient (Wildman–Crippen LogP) is 0.788. The maximum atomic E-state index is 12.7. The minimum absolute atomic E-state index is 0.0277. The van der Waals surface area contributed by atoms with Crippen LogP contribution in [0.3, 0.4) is 0 Å². The zero-order valence-corrected chi connectivity index (χ0v) is 15.9. The quantitative estimate of drug-likeness (QED) is 0.859. The van der Waals surface area contributed by atoms with Gasteiger partial charge in [0.1, 0.15) is 0 Å². The summed E-state index contributed by atoms with van der Waals surface area (Å²) in [5, 5.41) is 5.28. The molecule has 2 aliphatic heterocycles. The summed E-state index contributed by atoms with van der Waals surface area (Å²) in [6, 6.07) is 2.05. The molecule has 1 N–H and O–H groups in total. The monoisotopic (exact) mass is 375 g/mol. The van der Waals surface area contributed by atoms with Crippen LogP contribution in [0, 0.1) is 5.92 Å². The number of nitrogens with zero attached hydrogens (tertiary/aromatic N) is 4. The standard InChI is InChI=1S/C18H25N5O2S/c1-13-10-14(2-3-19-13)17(25)22-6-4-21(5-7-22)12-15-11-16(24)23-8-9-26-18(23)20-15/h8-9,11,13-14,19H,2-7,10,12H2,1H3/t13-,14-/m0/s1. The molecule has 0 spiro atoms. The third-order valence-electron chi connectivity index (χ3n) is 5.40. The van der Waals surface area contributed by atoms with E-state index in [2.05, 4.69) is 22.1 Å². The van der Waals surface area contributed by atoms with Crippen molar-refractivity contribution in [3.05, 3.63) is 33.7 Å². The average molecular weight is 375 g/mol. The van der Waals surface area contributed by atoms with E-state index in [-0.39, 0.29) is 11.5 Å². The summed E-state index contributed by atoms with van der Waals surface area (Å²) in [4.78, 5) is 34.5. The van der Waals surface area contributed by atoms with Crippen molar-refractivity contribution in [1.82, 2.24) is 24.5 Å². The van der Waals surface area contributed by atoms with Crippen LogP contribution in [0.15, 0.2) is 22.4 Å². The van der Waals surface area contributed by atoms with E-state index >= 15 is 0 Å². The van der Waals surface area contributed by atoms with Crippen LogP contribution in [0.5, 0.6) is 0 Å². The van der Waals surface area contributed by atoms with E-state index in [1.807, 2.05) is 10.3 Å². The van der Waals surface area contributed by atoms with Gasteiger partial charge in [-0.1, -0.05) is 0 Å². The highest BCUT2D eigenvalue weighted by Gasteiger charge is 2.30. The second-order valence-electron chi connectivity index (χ2n) is 7.32. The maximum Gasteiger partial charge on any atom is 0.258 e. The fraction of sp³-hybridized carbons (Fsp3) is 0.611. The molecule has 0 bridgehead atoms. The number of piperazine rings is 1. The Morgan fingerprint density at radius 3 is 2.92 bits per heavy atom. The lowest BCUT2D eigenvalue weighted by atomic mass is 9.92. The van der Waals surface area contributed by atoms with E-state index in [9.17, 15) is 9.59 Å². The second-order valence-corrected chi connectivity index (χ2v) is 8.19. The van der Waals surface area contributed by atoms with Gasteiger partial charge in [-0.15, -0.1) is 11.3 Å². The van der Waals surface area contributed by atoms with Crippen LogP contribution in [-0.4, -0.2) is 63.9 Å². The van der Waals surface area contributed by atoms with Crippen molar-refractivity contribution in [3.63, 3.8) is 0 Å². The summed E-state index contributed by atoms with van der Waals surface area (Å²) in [5.41, 5.74) is 0.782. The molecular weight excluding hydrogens is 350 g/mol. The number of nitrogens with one attached hydrogen (secondary N) is 1. The van der Waals surface area contributed by atoms with Gasteiger partial charge in [0, 0.05) is 62.3 Å². The summed E-state index contributed by atoms with van der Waals surface area (Å²) in [5.74, 6) is 0.482. The molecule has 0 aliphatic carbocycles. The first-order valence-electron chi connectivity index (χ1n) is 9.30. The van der Waals surface area contributed by atoms with Crippen molar-refractivity contribution in [2.75, 3.05) is 32.7 Å². The lowest BCUT2D eigenvalue weighted by Crippen LogP contribution is -2.51. The highest BCUT2D eigenvalue weighted by atomic mass is 32.1. The zero-order valence-electron chi connectivity index (χ0n) is 15.1. The minimum atomic E-state index is -0.0277. The average Bonchev–Trinajstić information content (AvgIpc) is 3.11. The van der Waals surface area contributed by atoms with Gasteiger partial charge in [-0.3, -0.25) is 18.9 Å². The Labute approximate surface area is 156 Å². The number of hydrogen-bond acceptors (Lipinski definition) is 6. The van der Waals surface area contributed by atoms with Gasteiger partial charge in [0.15, 0.2) is 4.96 Å². The van der Waals surface area contributed by atoms with E-state index in [0.717, 1.165) is 56.2 Å². The van der Waals surface area contributed by atoms with Crippen molar-refractivity contribution in [3.8, 4) is 0 Å². The van der Waals surface area contributed by atoms with Crippen LogP contribution in [0.2, 0.25) is 0 Å². The first kappa shape index (κ1) is 17.6. The summed E-state index contributed by atoms with van der Waals surface area (Å²) in [6.07, 6.45) is 3.64. The van der Waals surface area contributed by atoms with Gasteiger partial charge in [-0.25, -0.2) is 4.98 Å². The normalized spacial score (nSPS) is 24.9. The van der Waals surface area contributed by atoms with Crippen molar-refractivity contribution < 1.29 is 4.79 Å². The molecule has 0 unspecified atom stereocenters. The van der Waals surface area contributed by atoms with Crippen LogP contribution >= 0.6 is 11.3 Å². The van der Waals surface area contributed by atoms with E-state index < -0.39 is 0 Å². The first-order valence-corrected chi connectivity index (χ1v) is 10.2. The molecule has 2 aromatic heterocycles. The number of aromatic nitrogens is 2. The smallest absolute Gasteiger partial charge is 0.258 e. The SMILES string of the molecule is C[C@H]1C[C@@H](C(=O)N2CCN(Cc3cc(=O)n4ccsc4n3)CC2)CCN1. The van der Waals surface area contributed by atoms with Gasteiger partial charge >= 0.3 is 0 Å². The molecule has 0 radical (unpaired) electrons. The van der Waals surface area contributed by atoms with Gasteiger partial charge in [0.25, 0.3) is 5.56 Å². The molecule has 2 aliphatic rings. The Bertz CT molecular complexity index is 839. The topological polar surface area (TPSA) is 70.0 Å². The van der Waals surface area contributed by atoms with Crippen LogP contribution in [0.4, 0.5) is 0 Å². The number of carbonyl (C=O) groups excluding carboxylic acids is 1. The molecule has 2 atom stereocenters. The lowest BCUT2D eigenvalue weighted by molar-refractivity contribution is -0.138. The summed E-state index contributed by atoms with van der Waals surface area (Å²) < 4.78 is 1.57. The highest BCUT2D eigenvalue weighted by Crippen LogP contribution is 2.20. The maximum absolute atomic E-state index is 12.7. The van der Waals surface area contributed by atoms with Gasteiger partial charge in [0.05, 0.1) is 5.69 Å².